The summed E-state index contributed by atoms with van der Waals surface area (Å²) in [4.78, 5) is 87.2. The molecule has 7 aliphatic rings. The number of phenols is 12. The van der Waals surface area contributed by atoms with Gasteiger partial charge in [0.15, 0.2) is 64.3 Å². The van der Waals surface area contributed by atoms with Crippen LogP contribution in [-0.4, -0.2) is 166 Å². The van der Waals surface area contributed by atoms with Crippen LogP contribution in [0.2, 0.25) is 0 Å². The van der Waals surface area contributed by atoms with Crippen molar-refractivity contribution in [3.8, 4) is 91.6 Å². The van der Waals surface area contributed by atoms with Gasteiger partial charge in [0, 0.05) is 40.3 Å². The number of phenolic OH excluding ortho intramolecular Hbond substituents is 12. The third-order valence-electron chi connectivity index (χ3n) is 14.1. The van der Waals surface area contributed by atoms with Crippen molar-refractivity contribution in [3.63, 3.8) is 0 Å². The van der Waals surface area contributed by atoms with Gasteiger partial charge in [-0.2, -0.15) is 0 Å². The number of aliphatic hydroxyl groups is 3. The Labute approximate surface area is 429 Å². The Morgan fingerprint density at radius 3 is 1.64 bits per heavy atom. The van der Waals surface area contributed by atoms with Crippen LogP contribution in [0.15, 0.2) is 48.0 Å². The summed E-state index contributed by atoms with van der Waals surface area (Å²) in [5.74, 6) is -35.4. The van der Waals surface area contributed by atoms with Crippen molar-refractivity contribution < 1.29 is 144 Å². The van der Waals surface area contributed by atoms with E-state index in [4.69, 9.17) is 33.2 Å². The number of carboxylic acid groups (broad SMARTS) is 1. The molecular weight excluding hydrogens is 1050 g/mol. The molecule has 1 saturated heterocycles. The predicted octanol–water partition coefficient (Wildman–Crippen LogP) is 0.0778. The topological polar surface area (TPSA) is 491 Å². The van der Waals surface area contributed by atoms with Gasteiger partial charge in [0.1, 0.15) is 41.6 Å². The van der Waals surface area contributed by atoms with Crippen LogP contribution in [0.25, 0.3) is 16.7 Å². The Bertz CT molecular complexity index is 3670. The van der Waals surface area contributed by atoms with E-state index in [0.29, 0.717) is 12.1 Å². The van der Waals surface area contributed by atoms with Gasteiger partial charge >= 0.3 is 41.6 Å². The van der Waals surface area contributed by atoms with Crippen molar-refractivity contribution in [2.45, 2.75) is 60.4 Å². The molecule has 16 N–H and O–H groups in total. The van der Waals surface area contributed by atoms with E-state index >= 15 is 9.59 Å². The maximum absolute atomic E-state index is 15.1. The maximum atomic E-state index is 15.1. The SMILES string of the molecule is O=C1OC2[C@H]3c4c(cc(O)c5c4O[C@H](c4ccc(O)c(O)c4)[C@H](O)C5)O[C@]34C(=O)O[C@@](O)(C(=O)O)C(=C14)c1c(cc(O)c(O)c1O)C(=O)O[C@@H]2[C@@H]1OC(=O)c2cc(O)c(O)c(O)c2-c2c(cc(O)c(O)c2O)C(=O)OC[C@@H]1O. The van der Waals surface area contributed by atoms with E-state index < -0.39 is 233 Å². The molecule has 1 fully saturated rings. The Kier molecular flexibility index (Phi) is 10.6. The number of carbonyl (C=O) groups excluding carboxylic acids is 5. The van der Waals surface area contributed by atoms with Crippen LogP contribution < -0.4 is 9.47 Å². The molecule has 0 aromatic heterocycles. The fourth-order valence-corrected chi connectivity index (χ4v) is 10.6. The first-order valence-electron chi connectivity index (χ1n) is 22.4. The largest absolute Gasteiger partial charge is 0.507 e. The standard InChI is InChI=1S/C49H34O29/c50-15-2-1-10(3-17(15)52)37-21(56)4-11-16(51)8-23-27(38(11)73-37)29-40-41(39-22(57)9-72-42(64)12-5-18(53)31(58)34(61)24(12)25-13(43(65)74-39)6-19(54)32(59)35(25)62)76-44(66)14-7-20(55)33(60)36(63)26(14)28-30(45(67)75-40)48(29,77-23)47(70)78-49(28,71)46(68)69/h1-3,5-8,21-22,29,37,39-41,50-63,71H,4,9H2,(H,68,69)/t21-,22+,29-,37-,39-,40?,41-,48-,49-/m1/s1. The lowest BCUT2D eigenvalue weighted by Crippen LogP contribution is -2.68. The number of aromatic hydroxyl groups is 12. The van der Waals surface area contributed by atoms with Gasteiger partial charge in [-0.15, -0.1) is 0 Å². The number of hydrogen-bond acceptors (Lipinski definition) is 28. The van der Waals surface area contributed by atoms with Crippen LogP contribution in [0.5, 0.6) is 80.5 Å². The number of esters is 5. The molecule has 7 heterocycles. The highest BCUT2D eigenvalue weighted by Crippen LogP contribution is 2.65. The number of benzene rings is 5. The third kappa shape index (κ3) is 6.64. The number of hydrogen-bond donors (Lipinski definition) is 16. The minimum absolute atomic E-state index is 0.0720. The first kappa shape index (κ1) is 49.9. The molecule has 78 heavy (non-hydrogen) atoms. The minimum Gasteiger partial charge on any atom is -0.507 e. The molecule has 0 saturated carbocycles. The highest BCUT2D eigenvalue weighted by Gasteiger charge is 2.76. The van der Waals surface area contributed by atoms with Crippen molar-refractivity contribution in [1.82, 2.24) is 0 Å². The van der Waals surface area contributed by atoms with Crippen LogP contribution in [0.4, 0.5) is 0 Å². The second kappa shape index (κ2) is 16.6. The Balaban J connectivity index is 1.21. The van der Waals surface area contributed by atoms with Crippen molar-refractivity contribution >= 4 is 41.4 Å². The Morgan fingerprint density at radius 1 is 0.526 bits per heavy atom. The average molecular weight is 1090 g/mol. The molecule has 12 rings (SSSR count). The van der Waals surface area contributed by atoms with Crippen molar-refractivity contribution in [2.24, 2.45) is 0 Å². The monoisotopic (exact) mass is 1090 g/mol. The molecule has 1 unspecified atom stereocenters. The van der Waals surface area contributed by atoms with E-state index in [0.717, 1.165) is 18.2 Å². The highest BCUT2D eigenvalue weighted by molar-refractivity contribution is 6.18. The summed E-state index contributed by atoms with van der Waals surface area (Å²) < 4.78 is 40.7. The van der Waals surface area contributed by atoms with E-state index in [2.05, 4.69) is 0 Å². The molecule has 5 aromatic carbocycles. The molecule has 4 bridgehead atoms. The lowest BCUT2D eigenvalue weighted by molar-refractivity contribution is -0.226. The third-order valence-corrected chi connectivity index (χ3v) is 14.1. The zero-order valence-electron chi connectivity index (χ0n) is 38.5. The molecule has 0 aliphatic carbocycles. The van der Waals surface area contributed by atoms with Crippen LogP contribution in [0, 0.1) is 0 Å². The summed E-state index contributed by atoms with van der Waals surface area (Å²) in [5, 5.41) is 176. The van der Waals surface area contributed by atoms with Gasteiger partial charge in [0.05, 0.1) is 34.3 Å². The average Bonchev–Trinajstić information content (AvgIpc) is 3.76. The number of fused-ring (bicyclic) bond motifs is 9. The minimum atomic E-state index is -4.21. The Morgan fingerprint density at radius 2 is 1.06 bits per heavy atom. The van der Waals surface area contributed by atoms with E-state index in [1.165, 1.54) is 6.07 Å². The molecule has 29 nitrogen and oxygen atoms in total. The molecular formula is C49H34O29. The van der Waals surface area contributed by atoms with Crippen LogP contribution in [-0.2, 0) is 44.5 Å². The van der Waals surface area contributed by atoms with Gasteiger partial charge in [-0.3, -0.25) is 0 Å². The zero-order chi connectivity index (χ0) is 56.3. The smallest absolute Gasteiger partial charge is 0.382 e. The normalized spacial score (nSPS) is 26.8. The van der Waals surface area contributed by atoms with E-state index in [-0.39, 0.29) is 17.2 Å². The summed E-state index contributed by atoms with van der Waals surface area (Å²) in [6, 6.07) is 5.01. The molecule has 9 atom stereocenters. The number of aliphatic hydroxyl groups excluding tert-OH is 2. The highest BCUT2D eigenvalue weighted by atomic mass is 16.7. The number of carboxylic acids is 1. The van der Waals surface area contributed by atoms with Crippen LogP contribution in [0.1, 0.15) is 65.3 Å². The van der Waals surface area contributed by atoms with E-state index in [1.54, 1.807) is 0 Å². The summed E-state index contributed by atoms with van der Waals surface area (Å²) in [7, 11) is 0. The van der Waals surface area contributed by atoms with Gasteiger partial charge < -0.3 is 115 Å². The molecule has 29 heteroatoms. The number of ether oxygens (including phenoxy) is 7. The lowest BCUT2D eigenvalue weighted by atomic mass is 9.66. The van der Waals surface area contributed by atoms with Crippen LogP contribution in [0.3, 0.4) is 0 Å². The van der Waals surface area contributed by atoms with Gasteiger partial charge in [0.2, 0.25) is 22.8 Å². The predicted molar refractivity (Wildman–Crippen MR) is 241 cm³/mol. The van der Waals surface area contributed by atoms with Gasteiger partial charge in [-0.1, -0.05) is 6.07 Å². The quantitative estimate of drug-likeness (QED) is 0.0646. The Hall–Kier alpha value is -10.3. The van der Waals surface area contributed by atoms with Crippen LogP contribution >= 0.6 is 0 Å². The van der Waals surface area contributed by atoms with Gasteiger partial charge in [-0.25, -0.2) is 28.8 Å². The summed E-state index contributed by atoms with van der Waals surface area (Å²) in [6.45, 7) is -1.46. The number of aliphatic carboxylic acids is 1. The fraction of sp³-hybridized carbons (Fsp3) is 0.224. The van der Waals surface area contributed by atoms with Gasteiger partial charge in [0.25, 0.3) is 0 Å². The second-order valence-corrected chi connectivity index (χ2v) is 18.4. The number of carbonyl (C=O) groups is 6. The molecule has 404 valence electrons. The molecule has 1 spiro atoms. The summed E-state index contributed by atoms with van der Waals surface area (Å²) in [6.07, 6.45) is -14.8. The van der Waals surface area contributed by atoms with E-state index in [9.17, 15) is 101 Å². The van der Waals surface area contributed by atoms with Gasteiger partial charge in [-0.05, 0) is 35.9 Å². The maximum Gasteiger partial charge on any atom is 0.382 e. The second-order valence-electron chi connectivity index (χ2n) is 18.4. The molecule has 7 aliphatic heterocycles. The lowest BCUT2D eigenvalue weighted by Gasteiger charge is -2.49. The van der Waals surface area contributed by atoms with Crippen molar-refractivity contribution in [1.29, 1.82) is 0 Å². The van der Waals surface area contributed by atoms with Crippen molar-refractivity contribution in [3.05, 3.63) is 87.0 Å². The number of rotatable bonds is 3. The fourth-order valence-electron chi connectivity index (χ4n) is 10.6. The number of cyclic esters (lactones) is 3. The summed E-state index contributed by atoms with van der Waals surface area (Å²) >= 11 is 0. The zero-order valence-corrected chi connectivity index (χ0v) is 38.5. The molecule has 0 amide bonds. The first-order valence-corrected chi connectivity index (χ1v) is 22.4. The summed E-state index contributed by atoms with van der Waals surface area (Å²) in [5.41, 5.74) is -14.8. The molecule has 5 aromatic rings. The molecule has 0 radical (unpaired) electrons. The van der Waals surface area contributed by atoms with Crippen molar-refractivity contribution in [2.75, 3.05) is 6.61 Å². The first-order chi connectivity index (χ1) is 36.7. The van der Waals surface area contributed by atoms with E-state index in [1.807, 2.05) is 0 Å².